The van der Waals surface area contributed by atoms with Crippen molar-refractivity contribution >= 4 is 29.1 Å². The minimum absolute atomic E-state index is 0.293. The molecule has 1 aliphatic heterocycles. The Morgan fingerprint density at radius 1 is 1.24 bits per heavy atom. The van der Waals surface area contributed by atoms with Crippen molar-refractivity contribution in [3.8, 4) is 0 Å². The molecule has 0 saturated carbocycles. The largest absolute Gasteiger partial charge is 0.477 e. The van der Waals surface area contributed by atoms with E-state index < -0.39 is 11.6 Å². The van der Waals surface area contributed by atoms with E-state index in [2.05, 4.69) is 4.90 Å². The van der Waals surface area contributed by atoms with Crippen LogP contribution in [0.2, 0.25) is 0 Å². The standard InChI is InChI=1S/C14H20N2O4S/c1-14(2,3)20-13(19)16-6-4-15(5-7-16)10-8-11(12(17)18)21-9-10/h8-9H,4-7H2,1-3H3,(H,17,18). The van der Waals surface area contributed by atoms with Crippen molar-refractivity contribution in [1.29, 1.82) is 0 Å². The molecule has 1 saturated heterocycles. The summed E-state index contributed by atoms with van der Waals surface area (Å²) in [5.41, 5.74) is 0.416. The van der Waals surface area contributed by atoms with E-state index in [1.807, 2.05) is 26.2 Å². The number of hydrogen-bond donors (Lipinski definition) is 1. The summed E-state index contributed by atoms with van der Waals surface area (Å²) in [6.45, 7) is 8.05. The Labute approximate surface area is 127 Å². The quantitative estimate of drug-likeness (QED) is 0.908. The zero-order valence-electron chi connectivity index (χ0n) is 12.5. The van der Waals surface area contributed by atoms with Crippen LogP contribution in [-0.2, 0) is 4.74 Å². The molecule has 0 atom stereocenters. The van der Waals surface area contributed by atoms with Gasteiger partial charge in [0.25, 0.3) is 0 Å². The first-order valence-electron chi connectivity index (χ1n) is 6.81. The van der Waals surface area contributed by atoms with Gasteiger partial charge < -0.3 is 19.6 Å². The van der Waals surface area contributed by atoms with Crippen LogP contribution in [0.25, 0.3) is 0 Å². The molecule has 1 aromatic heterocycles. The van der Waals surface area contributed by atoms with Crippen molar-refractivity contribution in [2.24, 2.45) is 0 Å². The summed E-state index contributed by atoms with van der Waals surface area (Å²) in [6, 6.07) is 1.68. The maximum absolute atomic E-state index is 12.0. The second-order valence-electron chi connectivity index (χ2n) is 5.93. The minimum atomic E-state index is -0.904. The lowest BCUT2D eigenvalue weighted by Crippen LogP contribution is -2.50. The minimum Gasteiger partial charge on any atom is -0.477 e. The molecular formula is C14H20N2O4S. The zero-order valence-corrected chi connectivity index (χ0v) is 13.3. The summed E-state index contributed by atoms with van der Waals surface area (Å²) in [6.07, 6.45) is -0.293. The summed E-state index contributed by atoms with van der Waals surface area (Å²) in [5, 5.41) is 10.8. The highest BCUT2D eigenvalue weighted by Gasteiger charge is 2.26. The maximum Gasteiger partial charge on any atom is 0.410 e. The molecule has 2 rings (SSSR count). The van der Waals surface area contributed by atoms with E-state index in [0.29, 0.717) is 31.1 Å². The molecule has 6 nitrogen and oxygen atoms in total. The number of carbonyl (C=O) groups excluding carboxylic acids is 1. The second kappa shape index (κ2) is 5.93. The van der Waals surface area contributed by atoms with Crippen molar-refractivity contribution < 1.29 is 19.4 Å². The van der Waals surface area contributed by atoms with Crippen molar-refractivity contribution in [3.05, 3.63) is 16.3 Å². The number of amides is 1. The molecule has 7 heteroatoms. The summed E-state index contributed by atoms with van der Waals surface area (Å²) >= 11 is 1.22. The molecule has 21 heavy (non-hydrogen) atoms. The smallest absolute Gasteiger partial charge is 0.410 e. The number of nitrogens with zero attached hydrogens (tertiary/aromatic N) is 2. The molecule has 0 unspecified atom stereocenters. The highest BCUT2D eigenvalue weighted by molar-refractivity contribution is 7.12. The van der Waals surface area contributed by atoms with Crippen LogP contribution in [0.4, 0.5) is 10.5 Å². The van der Waals surface area contributed by atoms with Gasteiger partial charge in [0.1, 0.15) is 10.5 Å². The fraction of sp³-hybridized carbons (Fsp3) is 0.571. The number of thiophene rings is 1. The summed E-state index contributed by atoms with van der Waals surface area (Å²) in [7, 11) is 0. The Morgan fingerprint density at radius 3 is 2.33 bits per heavy atom. The average Bonchev–Trinajstić information content (AvgIpc) is 2.86. The summed E-state index contributed by atoms with van der Waals surface area (Å²) < 4.78 is 5.35. The molecule has 1 aromatic rings. The molecular weight excluding hydrogens is 292 g/mol. The van der Waals surface area contributed by atoms with E-state index in [1.165, 1.54) is 11.3 Å². The first kappa shape index (κ1) is 15.6. The number of carbonyl (C=O) groups is 2. The SMILES string of the molecule is CC(C)(C)OC(=O)N1CCN(c2csc(C(=O)O)c2)CC1. The first-order chi connectivity index (χ1) is 9.76. The zero-order chi connectivity index (χ0) is 15.6. The molecule has 0 aliphatic carbocycles. The molecule has 0 spiro atoms. The van der Waals surface area contributed by atoms with Gasteiger partial charge in [-0.2, -0.15) is 0 Å². The van der Waals surface area contributed by atoms with Crippen LogP contribution in [0, 0.1) is 0 Å². The third kappa shape index (κ3) is 4.10. The number of aromatic carboxylic acids is 1. The molecule has 0 radical (unpaired) electrons. The van der Waals surface area contributed by atoms with Gasteiger partial charge in [-0.15, -0.1) is 11.3 Å². The average molecular weight is 312 g/mol. The Balaban J connectivity index is 1.90. The van der Waals surface area contributed by atoms with Crippen LogP contribution in [0.5, 0.6) is 0 Å². The maximum atomic E-state index is 12.0. The van der Waals surface area contributed by atoms with E-state index in [4.69, 9.17) is 9.84 Å². The molecule has 1 amide bonds. The number of carboxylic acid groups (broad SMARTS) is 1. The van der Waals surface area contributed by atoms with Crippen molar-refractivity contribution in [2.75, 3.05) is 31.1 Å². The third-order valence-electron chi connectivity index (χ3n) is 3.09. The van der Waals surface area contributed by atoms with E-state index in [1.54, 1.807) is 11.0 Å². The van der Waals surface area contributed by atoms with Gasteiger partial charge in [-0.3, -0.25) is 0 Å². The molecule has 2 heterocycles. The van der Waals surface area contributed by atoms with E-state index >= 15 is 0 Å². The highest BCUT2D eigenvalue weighted by Crippen LogP contribution is 2.24. The Kier molecular flexibility index (Phi) is 4.41. The van der Waals surface area contributed by atoms with Crippen LogP contribution in [-0.4, -0.2) is 53.8 Å². The summed E-state index contributed by atoms with van der Waals surface area (Å²) in [5.74, 6) is -0.904. The molecule has 0 aromatic carbocycles. The predicted octanol–water partition coefficient (Wildman–Crippen LogP) is 2.50. The lowest BCUT2D eigenvalue weighted by Gasteiger charge is -2.36. The van der Waals surface area contributed by atoms with E-state index in [0.717, 1.165) is 5.69 Å². The van der Waals surface area contributed by atoms with Gasteiger partial charge in [0, 0.05) is 37.2 Å². The molecule has 1 aliphatic rings. The second-order valence-corrected chi connectivity index (χ2v) is 6.84. The van der Waals surface area contributed by atoms with Crippen LogP contribution in [0.3, 0.4) is 0 Å². The number of ether oxygens (including phenoxy) is 1. The van der Waals surface area contributed by atoms with Crippen LogP contribution >= 0.6 is 11.3 Å². The monoisotopic (exact) mass is 312 g/mol. The van der Waals surface area contributed by atoms with Crippen LogP contribution in [0.15, 0.2) is 11.4 Å². The number of carboxylic acids is 1. The van der Waals surface area contributed by atoms with Gasteiger partial charge in [0.15, 0.2) is 0 Å². The predicted molar refractivity (Wildman–Crippen MR) is 81.3 cm³/mol. The van der Waals surface area contributed by atoms with E-state index in [-0.39, 0.29) is 6.09 Å². The van der Waals surface area contributed by atoms with Gasteiger partial charge in [-0.1, -0.05) is 0 Å². The van der Waals surface area contributed by atoms with Crippen LogP contribution < -0.4 is 4.90 Å². The Morgan fingerprint density at radius 2 is 1.86 bits per heavy atom. The highest BCUT2D eigenvalue weighted by atomic mass is 32.1. The van der Waals surface area contributed by atoms with Gasteiger partial charge in [0.2, 0.25) is 0 Å². The van der Waals surface area contributed by atoms with Crippen molar-refractivity contribution in [2.45, 2.75) is 26.4 Å². The van der Waals surface area contributed by atoms with Gasteiger partial charge in [0.05, 0.1) is 0 Å². The van der Waals surface area contributed by atoms with Gasteiger partial charge in [-0.25, -0.2) is 9.59 Å². The third-order valence-corrected chi connectivity index (χ3v) is 4.00. The topological polar surface area (TPSA) is 70.1 Å². The number of rotatable bonds is 2. The fourth-order valence-electron chi connectivity index (χ4n) is 2.08. The van der Waals surface area contributed by atoms with Crippen molar-refractivity contribution in [3.63, 3.8) is 0 Å². The van der Waals surface area contributed by atoms with Gasteiger partial charge in [-0.05, 0) is 26.8 Å². The van der Waals surface area contributed by atoms with Crippen LogP contribution in [0.1, 0.15) is 30.4 Å². The van der Waals surface area contributed by atoms with Gasteiger partial charge >= 0.3 is 12.1 Å². The normalized spacial score (nSPS) is 16.0. The molecule has 116 valence electrons. The lowest BCUT2D eigenvalue weighted by atomic mass is 10.2. The Bertz CT molecular complexity index is 527. The molecule has 1 N–H and O–H groups in total. The fourth-order valence-corrected chi connectivity index (χ4v) is 2.83. The molecule has 0 bridgehead atoms. The van der Waals surface area contributed by atoms with E-state index in [9.17, 15) is 9.59 Å². The number of hydrogen-bond acceptors (Lipinski definition) is 5. The number of anilines is 1. The molecule has 1 fully saturated rings. The first-order valence-corrected chi connectivity index (χ1v) is 7.69. The lowest BCUT2D eigenvalue weighted by molar-refractivity contribution is 0.0240. The number of piperazine rings is 1. The Hall–Kier alpha value is -1.76. The summed E-state index contributed by atoms with van der Waals surface area (Å²) in [4.78, 5) is 27.0. The van der Waals surface area contributed by atoms with Crippen molar-refractivity contribution in [1.82, 2.24) is 4.90 Å².